The molecule has 0 fully saturated rings. The fourth-order valence-electron chi connectivity index (χ4n) is 1.43. The van der Waals surface area contributed by atoms with Gasteiger partial charge < -0.3 is 16.4 Å². The molecule has 0 saturated heterocycles. The number of hydrogen-bond acceptors (Lipinski definition) is 3. The van der Waals surface area contributed by atoms with Crippen molar-refractivity contribution in [3.05, 3.63) is 18.2 Å². The van der Waals surface area contributed by atoms with Crippen molar-refractivity contribution in [2.45, 2.75) is 13.8 Å². The van der Waals surface area contributed by atoms with Crippen LogP contribution < -0.4 is 16.4 Å². The van der Waals surface area contributed by atoms with E-state index in [9.17, 15) is 0 Å². The zero-order chi connectivity index (χ0) is 9.84. The van der Waals surface area contributed by atoms with Crippen LogP contribution in [0.1, 0.15) is 13.8 Å². The summed E-state index contributed by atoms with van der Waals surface area (Å²) in [6, 6.07) is 5.65. The van der Waals surface area contributed by atoms with Crippen molar-refractivity contribution in [1.82, 2.24) is 0 Å². The van der Waals surface area contributed by atoms with Crippen molar-refractivity contribution in [2.75, 3.05) is 29.5 Å². The second-order valence-corrected chi connectivity index (χ2v) is 2.99. The van der Waals surface area contributed by atoms with Crippen molar-refractivity contribution in [3.63, 3.8) is 0 Å². The molecule has 1 aromatic carbocycles. The summed E-state index contributed by atoms with van der Waals surface area (Å²) in [5.41, 5.74) is 14.0. The lowest BCUT2D eigenvalue weighted by Gasteiger charge is -2.22. The molecule has 0 aliphatic carbocycles. The lowest BCUT2D eigenvalue weighted by Crippen LogP contribution is -2.22. The molecule has 16 heavy (non-hydrogen) atoms. The third kappa shape index (κ3) is 5.01. The van der Waals surface area contributed by atoms with Gasteiger partial charge in [0.15, 0.2) is 0 Å². The summed E-state index contributed by atoms with van der Waals surface area (Å²) in [6.07, 6.45) is 0. The zero-order valence-electron chi connectivity index (χ0n) is 9.47. The quantitative estimate of drug-likeness (QED) is 0.841. The van der Waals surface area contributed by atoms with Crippen LogP contribution in [0.4, 0.5) is 17.1 Å². The van der Waals surface area contributed by atoms with Crippen LogP contribution in [0.25, 0.3) is 0 Å². The molecule has 0 aromatic heterocycles. The summed E-state index contributed by atoms with van der Waals surface area (Å²) in [4.78, 5) is 2.20. The maximum absolute atomic E-state index is 5.85. The number of rotatable bonds is 3. The highest BCUT2D eigenvalue weighted by molar-refractivity contribution is 5.86. The standard InChI is InChI=1S/C10H17N3.3ClH/c1-3-13(4-2)10-6-5-8(11)7-9(10)12;;;/h5-7H,3-4,11-12H2,1-2H3;3*1H. The third-order valence-corrected chi connectivity index (χ3v) is 2.16. The highest BCUT2D eigenvalue weighted by Gasteiger charge is 2.05. The Kier molecular flexibility index (Phi) is 12.6. The monoisotopic (exact) mass is 287 g/mol. The zero-order valence-corrected chi connectivity index (χ0v) is 11.9. The molecule has 0 radical (unpaired) electrons. The van der Waals surface area contributed by atoms with Gasteiger partial charge in [0.25, 0.3) is 0 Å². The Morgan fingerprint density at radius 3 is 1.88 bits per heavy atom. The Morgan fingerprint density at radius 2 is 1.50 bits per heavy atom. The molecule has 0 heterocycles. The average Bonchev–Trinajstić information content (AvgIpc) is 2.10. The molecule has 0 amide bonds. The highest BCUT2D eigenvalue weighted by Crippen LogP contribution is 2.24. The first kappa shape index (κ1) is 20.8. The SMILES string of the molecule is CCN(CC)c1ccc(N)cc1N.Cl.Cl.Cl. The average molecular weight is 289 g/mol. The molecule has 1 aromatic rings. The minimum absolute atomic E-state index is 0. The van der Waals surface area contributed by atoms with Crippen molar-refractivity contribution >= 4 is 54.3 Å². The van der Waals surface area contributed by atoms with Crippen molar-refractivity contribution in [3.8, 4) is 0 Å². The van der Waals surface area contributed by atoms with Gasteiger partial charge in [-0.2, -0.15) is 0 Å². The predicted molar refractivity (Wildman–Crippen MR) is 80.6 cm³/mol. The number of anilines is 3. The Labute approximate surface area is 116 Å². The first-order valence-corrected chi connectivity index (χ1v) is 4.59. The second kappa shape index (κ2) is 9.70. The first-order chi connectivity index (χ1) is 6.19. The van der Waals surface area contributed by atoms with Gasteiger partial charge in [-0.3, -0.25) is 0 Å². The molecule has 6 heteroatoms. The van der Waals surface area contributed by atoms with E-state index in [1.807, 2.05) is 12.1 Å². The molecule has 0 bridgehead atoms. The highest BCUT2D eigenvalue weighted by atomic mass is 35.5. The number of halogens is 3. The van der Waals surface area contributed by atoms with Crippen LogP contribution in [-0.4, -0.2) is 13.1 Å². The van der Waals surface area contributed by atoms with Gasteiger partial charge >= 0.3 is 0 Å². The van der Waals surface area contributed by atoms with E-state index in [2.05, 4.69) is 18.7 Å². The number of hydrogen-bond donors (Lipinski definition) is 2. The second-order valence-electron chi connectivity index (χ2n) is 2.99. The van der Waals surface area contributed by atoms with Crippen molar-refractivity contribution < 1.29 is 0 Å². The molecule has 96 valence electrons. The van der Waals surface area contributed by atoms with E-state index in [1.54, 1.807) is 6.07 Å². The summed E-state index contributed by atoms with van der Waals surface area (Å²) in [7, 11) is 0. The van der Waals surface area contributed by atoms with E-state index < -0.39 is 0 Å². The Balaban J connectivity index is -0.000000563. The smallest absolute Gasteiger partial charge is 0.0601 e. The minimum Gasteiger partial charge on any atom is -0.399 e. The van der Waals surface area contributed by atoms with Crippen LogP contribution in [0.3, 0.4) is 0 Å². The first-order valence-electron chi connectivity index (χ1n) is 4.59. The van der Waals surface area contributed by atoms with E-state index >= 15 is 0 Å². The van der Waals surface area contributed by atoms with Gasteiger partial charge in [0.05, 0.1) is 11.4 Å². The number of benzene rings is 1. The maximum Gasteiger partial charge on any atom is 0.0601 e. The van der Waals surface area contributed by atoms with Gasteiger partial charge in [-0.1, -0.05) is 0 Å². The molecule has 0 spiro atoms. The lowest BCUT2D eigenvalue weighted by atomic mass is 10.2. The number of nitrogens with two attached hydrogens (primary N) is 2. The van der Waals surface area contributed by atoms with Crippen LogP contribution in [0.2, 0.25) is 0 Å². The normalized spacial score (nSPS) is 8.12. The van der Waals surface area contributed by atoms with Crippen LogP contribution in [-0.2, 0) is 0 Å². The fraction of sp³-hybridized carbons (Fsp3) is 0.400. The van der Waals surface area contributed by atoms with Gasteiger partial charge in [-0.05, 0) is 32.0 Å². The molecule has 0 atom stereocenters. The largest absolute Gasteiger partial charge is 0.399 e. The molecular formula is C10H20Cl3N3. The van der Waals surface area contributed by atoms with Crippen LogP contribution in [0, 0.1) is 0 Å². The van der Waals surface area contributed by atoms with E-state index in [-0.39, 0.29) is 37.2 Å². The van der Waals surface area contributed by atoms with Crippen molar-refractivity contribution in [2.24, 2.45) is 0 Å². The molecule has 0 saturated carbocycles. The molecule has 4 N–H and O–H groups in total. The molecule has 1 rings (SSSR count). The minimum atomic E-state index is 0. The molecule has 0 aliphatic heterocycles. The Morgan fingerprint density at radius 1 is 1.00 bits per heavy atom. The molecule has 0 unspecified atom stereocenters. The summed E-state index contributed by atoms with van der Waals surface area (Å²) in [5.74, 6) is 0. The van der Waals surface area contributed by atoms with Crippen LogP contribution in [0.5, 0.6) is 0 Å². The number of nitrogen functional groups attached to an aromatic ring is 2. The van der Waals surface area contributed by atoms with E-state index in [4.69, 9.17) is 11.5 Å². The van der Waals surface area contributed by atoms with Crippen molar-refractivity contribution in [1.29, 1.82) is 0 Å². The summed E-state index contributed by atoms with van der Waals surface area (Å²) >= 11 is 0. The van der Waals surface area contributed by atoms with Gasteiger partial charge in [-0.25, -0.2) is 0 Å². The Hall–Kier alpha value is -0.510. The van der Waals surface area contributed by atoms with Crippen LogP contribution in [0.15, 0.2) is 18.2 Å². The molecule has 0 aliphatic rings. The van der Waals surface area contributed by atoms with Gasteiger partial charge in [0.2, 0.25) is 0 Å². The third-order valence-electron chi connectivity index (χ3n) is 2.16. The van der Waals surface area contributed by atoms with Gasteiger partial charge in [0, 0.05) is 18.8 Å². The summed E-state index contributed by atoms with van der Waals surface area (Å²) < 4.78 is 0. The van der Waals surface area contributed by atoms with Gasteiger partial charge in [0.1, 0.15) is 0 Å². The van der Waals surface area contributed by atoms with E-state index in [1.165, 1.54) is 0 Å². The topological polar surface area (TPSA) is 55.3 Å². The Bertz CT molecular complexity index is 291. The predicted octanol–water partition coefficient (Wildman–Crippen LogP) is 2.96. The molecular weight excluding hydrogens is 268 g/mol. The summed E-state index contributed by atoms with van der Waals surface area (Å²) in [5, 5.41) is 0. The van der Waals surface area contributed by atoms with E-state index in [0.717, 1.165) is 24.5 Å². The summed E-state index contributed by atoms with van der Waals surface area (Å²) in [6.45, 7) is 6.15. The van der Waals surface area contributed by atoms with Crippen LogP contribution >= 0.6 is 37.2 Å². The fourth-order valence-corrected chi connectivity index (χ4v) is 1.43. The van der Waals surface area contributed by atoms with E-state index in [0.29, 0.717) is 5.69 Å². The maximum atomic E-state index is 5.85. The molecule has 3 nitrogen and oxygen atoms in total. The lowest BCUT2D eigenvalue weighted by molar-refractivity contribution is 0.868. The number of nitrogens with zero attached hydrogens (tertiary/aromatic N) is 1. The van der Waals surface area contributed by atoms with Gasteiger partial charge in [-0.15, -0.1) is 37.2 Å².